The number of fused-ring (bicyclic) bond motifs is 4. The van der Waals surface area contributed by atoms with Crippen LogP contribution < -0.4 is 0 Å². The number of halogens is 2. The van der Waals surface area contributed by atoms with Gasteiger partial charge in [-0.25, -0.2) is 0 Å². The van der Waals surface area contributed by atoms with Crippen molar-refractivity contribution in [2.45, 2.75) is 0 Å². The van der Waals surface area contributed by atoms with Crippen LogP contribution in [0.2, 0.25) is 0 Å². The minimum absolute atomic E-state index is 1.12. The zero-order valence-electron chi connectivity index (χ0n) is 13.2. The van der Waals surface area contributed by atoms with E-state index in [0.717, 1.165) is 4.47 Å². The average Bonchev–Trinajstić information content (AvgIpc) is 2.96. The molecule has 0 unspecified atom stereocenters. The summed E-state index contributed by atoms with van der Waals surface area (Å²) >= 11 is 6.03. The number of hydrogen-bond donors (Lipinski definition) is 0. The largest absolute Gasteiger partial charge is 0.309 e. The Kier molecular flexibility index (Phi) is 3.61. The average molecular weight is 498 g/mol. The SMILES string of the molecule is Brc1cc(-n2c3ccccc3c3cc4ccccc4cc32)ccc1I. The summed E-state index contributed by atoms with van der Waals surface area (Å²) in [4.78, 5) is 0. The summed E-state index contributed by atoms with van der Waals surface area (Å²) in [5.41, 5.74) is 3.66. The molecule has 1 heterocycles. The van der Waals surface area contributed by atoms with Crippen LogP contribution in [0.5, 0.6) is 0 Å². The highest BCUT2D eigenvalue weighted by molar-refractivity contribution is 14.1. The van der Waals surface area contributed by atoms with E-state index in [1.54, 1.807) is 0 Å². The molecule has 0 aliphatic carbocycles. The van der Waals surface area contributed by atoms with Crippen LogP contribution in [-0.2, 0) is 0 Å². The molecule has 5 aromatic rings. The van der Waals surface area contributed by atoms with E-state index >= 15 is 0 Å². The number of rotatable bonds is 1. The van der Waals surface area contributed by atoms with Gasteiger partial charge in [0.25, 0.3) is 0 Å². The van der Waals surface area contributed by atoms with Crippen molar-refractivity contribution in [3.8, 4) is 5.69 Å². The molecule has 0 spiro atoms. The van der Waals surface area contributed by atoms with Crippen molar-refractivity contribution >= 4 is 71.1 Å². The molecule has 0 N–H and O–H groups in total. The van der Waals surface area contributed by atoms with Crippen molar-refractivity contribution in [1.82, 2.24) is 4.57 Å². The van der Waals surface area contributed by atoms with Gasteiger partial charge < -0.3 is 4.57 Å². The lowest BCUT2D eigenvalue weighted by molar-refractivity contribution is 1.18. The van der Waals surface area contributed by atoms with E-state index in [0.29, 0.717) is 0 Å². The maximum absolute atomic E-state index is 3.68. The molecule has 0 aliphatic rings. The zero-order valence-corrected chi connectivity index (χ0v) is 17.0. The van der Waals surface area contributed by atoms with Crippen LogP contribution in [0.25, 0.3) is 38.3 Å². The van der Waals surface area contributed by atoms with Crippen LogP contribution in [0, 0.1) is 3.57 Å². The van der Waals surface area contributed by atoms with Gasteiger partial charge in [0, 0.05) is 24.5 Å². The Balaban J connectivity index is 1.98. The van der Waals surface area contributed by atoms with E-state index in [1.807, 2.05) is 0 Å². The van der Waals surface area contributed by atoms with Gasteiger partial charge in [0.1, 0.15) is 0 Å². The fourth-order valence-electron chi connectivity index (χ4n) is 3.56. The molecule has 1 nitrogen and oxygen atoms in total. The number of hydrogen-bond acceptors (Lipinski definition) is 0. The highest BCUT2D eigenvalue weighted by atomic mass is 127. The van der Waals surface area contributed by atoms with Crippen LogP contribution >= 0.6 is 38.5 Å². The lowest BCUT2D eigenvalue weighted by Gasteiger charge is -2.09. The van der Waals surface area contributed by atoms with Crippen molar-refractivity contribution in [2.75, 3.05) is 0 Å². The number of nitrogens with zero attached hydrogens (tertiary/aromatic N) is 1. The van der Waals surface area contributed by atoms with Crippen molar-refractivity contribution in [3.63, 3.8) is 0 Å². The molecule has 0 saturated carbocycles. The van der Waals surface area contributed by atoms with Gasteiger partial charge in [0.2, 0.25) is 0 Å². The van der Waals surface area contributed by atoms with Crippen LogP contribution in [-0.4, -0.2) is 4.57 Å². The molecule has 0 amide bonds. The van der Waals surface area contributed by atoms with Crippen molar-refractivity contribution in [1.29, 1.82) is 0 Å². The van der Waals surface area contributed by atoms with E-state index in [4.69, 9.17) is 0 Å². The molecule has 0 radical (unpaired) electrons. The molecular weight excluding hydrogens is 485 g/mol. The summed E-state index contributed by atoms with van der Waals surface area (Å²) in [7, 11) is 0. The second-order valence-electron chi connectivity index (χ2n) is 6.17. The normalized spacial score (nSPS) is 11.6. The van der Waals surface area contributed by atoms with E-state index in [9.17, 15) is 0 Å². The Morgan fingerprint density at radius 3 is 2.20 bits per heavy atom. The van der Waals surface area contributed by atoms with Gasteiger partial charge in [-0.05, 0) is 85.7 Å². The molecule has 25 heavy (non-hydrogen) atoms. The third-order valence-electron chi connectivity index (χ3n) is 4.70. The van der Waals surface area contributed by atoms with Crippen LogP contribution in [0.3, 0.4) is 0 Å². The van der Waals surface area contributed by atoms with Crippen LogP contribution in [0.1, 0.15) is 0 Å². The third kappa shape index (κ3) is 2.41. The van der Waals surface area contributed by atoms with Gasteiger partial charge in [0.15, 0.2) is 0 Å². The minimum Gasteiger partial charge on any atom is -0.309 e. The lowest BCUT2D eigenvalue weighted by Crippen LogP contribution is -1.94. The highest BCUT2D eigenvalue weighted by Gasteiger charge is 2.13. The Bertz CT molecular complexity index is 1270. The zero-order chi connectivity index (χ0) is 17.0. The fourth-order valence-corrected chi connectivity index (χ4v) is 4.26. The summed E-state index contributed by atoms with van der Waals surface area (Å²) in [5, 5.41) is 5.13. The maximum atomic E-state index is 3.68. The quantitative estimate of drug-likeness (QED) is 0.214. The van der Waals surface area contributed by atoms with Gasteiger partial charge in [-0.3, -0.25) is 0 Å². The standard InChI is InChI=1S/C22H13BrIN/c23-19-13-16(9-10-20(19)24)25-21-8-4-3-7-17(21)18-11-14-5-1-2-6-15(14)12-22(18)25/h1-13H. The first kappa shape index (κ1) is 15.4. The number of benzene rings is 4. The predicted molar refractivity (Wildman–Crippen MR) is 119 cm³/mol. The summed E-state index contributed by atoms with van der Waals surface area (Å²) in [6.07, 6.45) is 0. The van der Waals surface area contributed by atoms with Gasteiger partial charge in [-0.2, -0.15) is 0 Å². The number of para-hydroxylation sites is 1. The molecule has 120 valence electrons. The first-order valence-electron chi connectivity index (χ1n) is 8.10. The topological polar surface area (TPSA) is 4.93 Å². The summed E-state index contributed by atoms with van der Waals surface area (Å²) in [6.45, 7) is 0. The summed E-state index contributed by atoms with van der Waals surface area (Å²) in [5.74, 6) is 0. The van der Waals surface area contributed by atoms with Gasteiger partial charge in [-0.15, -0.1) is 0 Å². The monoisotopic (exact) mass is 497 g/mol. The fraction of sp³-hybridized carbons (Fsp3) is 0. The van der Waals surface area contributed by atoms with E-state index in [-0.39, 0.29) is 0 Å². The van der Waals surface area contributed by atoms with E-state index < -0.39 is 0 Å². The molecular formula is C22H13BrIN. The van der Waals surface area contributed by atoms with Crippen molar-refractivity contribution < 1.29 is 0 Å². The van der Waals surface area contributed by atoms with Crippen LogP contribution in [0.15, 0.2) is 83.3 Å². The minimum atomic E-state index is 1.12. The molecule has 0 aliphatic heterocycles. The van der Waals surface area contributed by atoms with Crippen molar-refractivity contribution in [3.05, 3.63) is 86.9 Å². The van der Waals surface area contributed by atoms with Gasteiger partial charge in [-0.1, -0.05) is 42.5 Å². The van der Waals surface area contributed by atoms with Crippen LogP contribution in [0.4, 0.5) is 0 Å². The van der Waals surface area contributed by atoms with Gasteiger partial charge >= 0.3 is 0 Å². The Morgan fingerprint density at radius 2 is 1.40 bits per heavy atom. The predicted octanol–water partition coefficient (Wildman–Crippen LogP) is 7.30. The van der Waals surface area contributed by atoms with E-state index in [1.165, 1.54) is 41.8 Å². The molecule has 5 rings (SSSR count). The molecule has 1 aromatic heterocycles. The molecule has 0 bridgehead atoms. The highest BCUT2D eigenvalue weighted by Crippen LogP contribution is 2.35. The first-order chi connectivity index (χ1) is 12.2. The van der Waals surface area contributed by atoms with E-state index in [2.05, 4.69) is 122 Å². The summed E-state index contributed by atoms with van der Waals surface area (Å²) < 4.78 is 4.70. The molecule has 3 heteroatoms. The number of aromatic nitrogens is 1. The third-order valence-corrected chi connectivity index (χ3v) is 7.04. The molecule has 4 aromatic carbocycles. The smallest absolute Gasteiger partial charge is 0.0547 e. The Labute approximate surface area is 167 Å². The summed E-state index contributed by atoms with van der Waals surface area (Å²) in [6, 6.07) is 28.4. The first-order valence-corrected chi connectivity index (χ1v) is 9.97. The molecule has 0 atom stereocenters. The Morgan fingerprint density at radius 1 is 0.680 bits per heavy atom. The maximum Gasteiger partial charge on any atom is 0.0547 e. The van der Waals surface area contributed by atoms with Gasteiger partial charge in [0.05, 0.1) is 11.0 Å². The second kappa shape index (κ2) is 5.85. The molecule has 0 saturated heterocycles. The Hall–Kier alpha value is -1.85. The second-order valence-corrected chi connectivity index (χ2v) is 8.18. The van der Waals surface area contributed by atoms with Crippen molar-refractivity contribution in [2.24, 2.45) is 0 Å². The molecule has 0 fully saturated rings. The lowest BCUT2D eigenvalue weighted by atomic mass is 10.1.